The molecule has 82 valence electrons. The summed E-state index contributed by atoms with van der Waals surface area (Å²) < 4.78 is 0. The van der Waals surface area contributed by atoms with E-state index in [4.69, 9.17) is 0 Å². The number of aldehydes is 1. The van der Waals surface area contributed by atoms with Crippen molar-refractivity contribution >= 4 is 12.0 Å². The minimum absolute atomic E-state index is 0.245. The zero-order valence-corrected chi connectivity index (χ0v) is 9.73. The van der Waals surface area contributed by atoms with Gasteiger partial charge in [0.2, 0.25) is 0 Å². The molecule has 15 heavy (non-hydrogen) atoms. The van der Waals surface area contributed by atoms with Gasteiger partial charge in [0.05, 0.1) is 0 Å². The quantitative estimate of drug-likeness (QED) is 0.689. The van der Waals surface area contributed by atoms with Crippen LogP contribution in [0, 0.1) is 5.41 Å². The van der Waals surface area contributed by atoms with Gasteiger partial charge in [0.1, 0.15) is 6.29 Å². The van der Waals surface area contributed by atoms with Crippen molar-refractivity contribution < 1.29 is 4.79 Å². The largest absolute Gasteiger partial charge is 0.374 e. The first-order valence-electron chi connectivity index (χ1n) is 5.34. The Morgan fingerprint density at radius 3 is 2.40 bits per heavy atom. The van der Waals surface area contributed by atoms with E-state index in [1.807, 2.05) is 39.1 Å². The average molecular weight is 205 g/mol. The Labute approximate surface area is 91.9 Å². The molecule has 0 aliphatic heterocycles. The fraction of sp³-hybridized carbons (Fsp3) is 0.462. The summed E-state index contributed by atoms with van der Waals surface area (Å²) in [6, 6.07) is 10.1. The molecule has 2 nitrogen and oxygen atoms in total. The maximum atomic E-state index is 11.0. The third-order valence-corrected chi connectivity index (χ3v) is 2.89. The molecule has 0 aromatic heterocycles. The molecule has 0 aliphatic rings. The van der Waals surface area contributed by atoms with E-state index in [0.29, 0.717) is 0 Å². The monoisotopic (exact) mass is 205 g/mol. The molecule has 0 saturated heterocycles. The molecule has 0 spiro atoms. The highest BCUT2D eigenvalue weighted by Gasteiger charge is 2.23. The number of nitrogens with zero attached hydrogens (tertiary/aromatic N) is 1. The number of hydrogen-bond donors (Lipinski definition) is 0. The minimum atomic E-state index is -0.245. The molecular weight excluding hydrogens is 186 g/mol. The molecule has 1 unspecified atom stereocenters. The zero-order chi connectivity index (χ0) is 11.3. The topological polar surface area (TPSA) is 20.3 Å². The molecule has 0 saturated carbocycles. The van der Waals surface area contributed by atoms with Crippen LogP contribution >= 0.6 is 0 Å². The highest BCUT2D eigenvalue weighted by atomic mass is 16.1. The number of carbonyl (C=O) groups is 1. The normalized spacial score (nSPS) is 14.3. The molecule has 0 fully saturated rings. The summed E-state index contributed by atoms with van der Waals surface area (Å²) in [4.78, 5) is 13.1. The van der Waals surface area contributed by atoms with Crippen LogP contribution in [0.2, 0.25) is 0 Å². The maximum absolute atomic E-state index is 11.0. The Bertz CT molecular complexity index is 310. The van der Waals surface area contributed by atoms with Gasteiger partial charge in [-0.05, 0) is 18.6 Å². The van der Waals surface area contributed by atoms with Crippen molar-refractivity contribution in [2.75, 3.05) is 18.5 Å². The first-order valence-corrected chi connectivity index (χ1v) is 5.34. The van der Waals surface area contributed by atoms with Gasteiger partial charge in [-0.2, -0.15) is 0 Å². The molecule has 2 heteroatoms. The van der Waals surface area contributed by atoms with Crippen LogP contribution in [0.25, 0.3) is 0 Å². The smallest absolute Gasteiger partial charge is 0.127 e. The van der Waals surface area contributed by atoms with Crippen molar-refractivity contribution in [3.05, 3.63) is 30.3 Å². The fourth-order valence-electron chi connectivity index (χ4n) is 1.55. The molecule has 0 amide bonds. The third kappa shape index (κ3) is 3.08. The van der Waals surface area contributed by atoms with Gasteiger partial charge in [0, 0.05) is 24.7 Å². The van der Waals surface area contributed by atoms with E-state index in [9.17, 15) is 4.79 Å². The van der Waals surface area contributed by atoms with Crippen LogP contribution in [0.4, 0.5) is 5.69 Å². The summed E-state index contributed by atoms with van der Waals surface area (Å²) in [6.45, 7) is 4.81. The predicted molar refractivity (Wildman–Crippen MR) is 64.2 cm³/mol. The molecule has 1 atom stereocenters. The van der Waals surface area contributed by atoms with Gasteiger partial charge < -0.3 is 9.69 Å². The molecule has 1 aromatic carbocycles. The molecule has 0 aliphatic carbocycles. The Kier molecular flexibility index (Phi) is 3.89. The SMILES string of the molecule is CCC(C)(C=O)CN(C)c1ccccc1. The number of anilines is 1. The number of para-hydroxylation sites is 1. The molecule has 0 heterocycles. The lowest BCUT2D eigenvalue weighted by Gasteiger charge is -2.29. The van der Waals surface area contributed by atoms with Gasteiger partial charge >= 0.3 is 0 Å². The van der Waals surface area contributed by atoms with Crippen molar-refractivity contribution in [1.29, 1.82) is 0 Å². The van der Waals surface area contributed by atoms with E-state index in [2.05, 4.69) is 17.0 Å². The van der Waals surface area contributed by atoms with Gasteiger partial charge in [0.25, 0.3) is 0 Å². The van der Waals surface area contributed by atoms with Gasteiger partial charge in [-0.25, -0.2) is 0 Å². The lowest BCUT2D eigenvalue weighted by molar-refractivity contribution is -0.115. The van der Waals surface area contributed by atoms with E-state index < -0.39 is 0 Å². The summed E-state index contributed by atoms with van der Waals surface area (Å²) in [6.07, 6.45) is 1.93. The van der Waals surface area contributed by atoms with Crippen molar-refractivity contribution in [3.8, 4) is 0 Å². The van der Waals surface area contributed by atoms with Gasteiger partial charge in [0.15, 0.2) is 0 Å². The van der Waals surface area contributed by atoms with Crippen LogP contribution in [0.15, 0.2) is 30.3 Å². The molecule has 0 radical (unpaired) electrons. The van der Waals surface area contributed by atoms with Crippen molar-refractivity contribution in [3.63, 3.8) is 0 Å². The second-order valence-electron chi connectivity index (χ2n) is 4.32. The Morgan fingerprint density at radius 2 is 1.93 bits per heavy atom. The second-order valence-corrected chi connectivity index (χ2v) is 4.32. The van der Waals surface area contributed by atoms with E-state index in [0.717, 1.165) is 24.9 Å². The van der Waals surface area contributed by atoms with Gasteiger partial charge in [-0.1, -0.05) is 32.0 Å². The summed E-state index contributed by atoms with van der Waals surface area (Å²) in [7, 11) is 2.02. The summed E-state index contributed by atoms with van der Waals surface area (Å²) in [5.74, 6) is 0. The summed E-state index contributed by atoms with van der Waals surface area (Å²) >= 11 is 0. The van der Waals surface area contributed by atoms with E-state index >= 15 is 0 Å². The Hall–Kier alpha value is -1.31. The number of benzene rings is 1. The van der Waals surface area contributed by atoms with Crippen LogP contribution in [0.3, 0.4) is 0 Å². The second kappa shape index (κ2) is 4.96. The van der Waals surface area contributed by atoms with Crippen LogP contribution in [-0.2, 0) is 4.79 Å². The minimum Gasteiger partial charge on any atom is -0.374 e. The molecular formula is C13H19NO. The average Bonchev–Trinajstić information content (AvgIpc) is 2.30. The molecule has 0 bridgehead atoms. The van der Waals surface area contributed by atoms with Crippen LogP contribution in [0.5, 0.6) is 0 Å². The highest BCUT2D eigenvalue weighted by Crippen LogP contribution is 2.22. The maximum Gasteiger partial charge on any atom is 0.127 e. The third-order valence-electron chi connectivity index (χ3n) is 2.89. The molecule has 1 aromatic rings. The van der Waals surface area contributed by atoms with E-state index in [-0.39, 0.29) is 5.41 Å². The predicted octanol–water partition coefficient (Wildman–Crippen LogP) is 2.74. The van der Waals surface area contributed by atoms with Gasteiger partial charge in [-0.15, -0.1) is 0 Å². The first-order chi connectivity index (χ1) is 7.11. The van der Waals surface area contributed by atoms with Crippen molar-refractivity contribution in [2.45, 2.75) is 20.3 Å². The lowest BCUT2D eigenvalue weighted by atomic mass is 9.89. The van der Waals surface area contributed by atoms with Crippen LogP contribution < -0.4 is 4.90 Å². The van der Waals surface area contributed by atoms with Crippen molar-refractivity contribution in [1.82, 2.24) is 0 Å². The highest BCUT2D eigenvalue weighted by molar-refractivity contribution is 5.60. The molecule has 0 N–H and O–H groups in total. The number of rotatable bonds is 5. The summed E-state index contributed by atoms with van der Waals surface area (Å²) in [5.41, 5.74) is 0.906. The van der Waals surface area contributed by atoms with Crippen LogP contribution in [0.1, 0.15) is 20.3 Å². The fourth-order valence-corrected chi connectivity index (χ4v) is 1.55. The van der Waals surface area contributed by atoms with Crippen LogP contribution in [-0.4, -0.2) is 19.9 Å². The zero-order valence-electron chi connectivity index (χ0n) is 9.73. The van der Waals surface area contributed by atoms with Gasteiger partial charge in [-0.3, -0.25) is 0 Å². The number of carbonyl (C=O) groups excluding carboxylic acids is 1. The standard InChI is InChI=1S/C13H19NO/c1-4-13(2,11-15)10-14(3)12-8-6-5-7-9-12/h5-9,11H,4,10H2,1-3H3. The molecule has 1 rings (SSSR count). The first kappa shape index (κ1) is 11.8. The summed E-state index contributed by atoms with van der Waals surface area (Å²) in [5, 5.41) is 0. The van der Waals surface area contributed by atoms with E-state index in [1.165, 1.54) is 0 Å². The Morgan fingerprint density at radius 1 is 1.33 bits per heavy atom. The van der Waals surface area contributed by atoms with E-state index in [1.54, 1.807) is 0 Å². The Balaban J connectivity index is 2.71. The number of hydrogen-bond acceptors (Lipinski definition) is 2. The van der Waals surface area contributed by atoms with Crippen molar-refractivity contribution in [2.24, 2.45) is 5.41 Å². The lowest BCUT2D eigenvalue weighted by Crippen LogP contribution is -2.34.